The summed E-state index contributed by atoms with van der Waals surface area (Å²) >= 11 is 0. The van der Waals surface area contributed by atoms with Gasteiger partial charge in [0.25, 0.3) is 0 Å². The molecule has 4 rings (SSSR count). The van der Waals surface area contributed by atoms with Crippen molar-refractivity contribution in [2.24, 2.45) is 5.92 Å². The second kappa shape index (κ2) is 20.3. The molecular formula is C32H43N7O2. The molecule has 41 heavy (non-hydrogen) atoms. The summed E-state index contributed by atoms with van der Waals surface area (Å²) in [6.45, 7) is 8.32. The fourth-order valence-electron chi connectivity index (χ4n) is 3.86. The fourth-order valence-corrected chi connectivity index (χ4v) is 3.86. The van der Waals surface area contributed by atoms with Crippen molar-refractivity contribution in [2.75, 3.05) is 23.7 Å². The lowest BCUT2D eigenvalue weighted by molar-refractivity contribution is -0.119. The van der Waals surface area contributed by atoms with Crippen LogP contribution in [-0.2, 0) is 16.1 Å². The van der Waals surface area contributed by atoms with E-state index in [-0.39, 0.29) is 30.7 Å². The summed E-state index contributed by atoms with van der Waals surface area (Å²) in [4.78, 5) is 32.1. The number of hydrogen-bond acceptors (Lipinski definition) is 7. The van der Waals surface area contributed by atoms with Crippen LogP contribution in [0.5, 0.6) is 0 Å². The van der Waals surface area contributed by atoms with Gasteiger partial charge in [-0.3, -0.25) is 9.59 Å². The Bertz CT molecular complexity index is 1220. The predicted molar refractivity (Wildman–Crippen MR) is 166 cm³/mol. The van der Waals surface area contributed by atoms with Gasteiger partial charge in [0.1, 0.15) is 17.4 Å². The van der Waals surface area contributed by atoms with E-state index >= 15 is 0 Å². The summed E-state index contributed by atoms with van der Waals surface area (Å²) in [5, 5.41) is 17.5. The van der Waals surface area contributed by atoms with Gasteiger partial charge in [-0.05, 0) is 42.7 Å². The zero-order chi connectivity index (χ0) is 30.5. The van der Waals surface area contributed by atoms with Crippen LogP contribution in [0.15, 0.2) is 54.9 Å². The van der Waals surface area contributed by atoms with Crippen molar-refractivity contribution in [3.63, 3.8) is 0 Å². The number of rotatable bonds is 9. The van der Waals surface area contributed by atoms with E-state index in [9.17, 15) is 9.59 Å². The Kier molecular flexibility index (Phi) is 17.0. The first kappa shape index (κ1) is 34.4. The van der Waals surface area contributed by atoms with Crippen LogP contribution in [0, 0.1) is 30.1 Å². The summed E-state index contributed by atoms with van der Waals surface area (Å²) in [6, 6.07) is 14.5. The van der Waals surface area contributed by atoms with Gasteiger partial charge in [0, 0.05) is 25.0 Å². The second-order valence-electron chi connectivity index (χ2n) is 9.26. The Morgan fingerprint density at radius 3 is 2.17 bits per heavy atom. The third-order valence-corrected chi connectivity index (χ3v) is 5.97. The molecule has 1 aliphatic rings. The lowest BCUT2D eigenvalue weighted by Crippen LogP contribution is -2.29. The summed E-state index contributed by atoms with van der Waals surface area (Å²) in [7, 11) is 0. The number of amides is 1. The molecule has 2 heterocycles. The molecule has 1 aliphatic carbocycles. The molecule has 1 amide bonds. The maximum Gasteiger partial charge on any atom is 0.239 e. The van der Waals surface area contributed by atoms with E-state index in [1.807, 2.05) is 38.4 Å². The molecule has 1 aromatic carbocycles. The number of hydrogen-bond donors (Lipinski definition) is 3. The number of anilines is 2. The van der Waals surface area contributed by atoms with Gasteiger partial charge in [0.05, 0.1) is 24.7 Å². The predicted octanol–water partition coefficient (Wildman–Crippen LogP) is 5.73. The van der Waals surface area contributed by atoms with Crippen molar-refractivity contribution in [3.8, 4) is 24.7 Å². The van der Waals surface area contributed by atoms with E-state index in [0.29, 0.717) is 23.7 Å². The first-order chi connectivity index (χ1) is 19.9. The number of nitrogens with zero attached hydrogens (tertiary/aromatic N) is 4. The SMILES string of the molecule is C#C.CC.CC(=O)CNc1nc(NCC(=O)NCc2ccc(C#N)cc2)cc(-n2cccc2)n1.CC1CCCCC1. The van der Waals surface area contributed by atoms with Crippen molar-refractivity contribution >= 4 is 23.5 Å². The van der Waals surface area contributed by atoms with Crippen molar-refractivity contribution in [1.29, 1.82) is 5.26 Å². The molecule has 0 bridgehead atoms. The monoisotopic (exact) mass is 557 g/mol. The third-order valence-electron chi connectivity index (χ3n) is 5.97. The average Bonchev–Trinajstić information content (AvgIpc) is 3.56. The molecule has 1 saturated carbocycles. The summed E-state index contributed by atoms with van der Waals surface area (Å²) in [5.41, 5.74) is 1.47. The van der Waals surface area contributed by atoms with E-state index < -0.39 is 0 Å². The standard InChI is InChI=1S/C21H21N7O2.C7H14.C2H6.C2H2/c1-15(29)12-25-21-26-18(10-19(27-21)28-8-2-3-9-28)23-14-20(30)24-13-17-6-4-16(11-22)5-7-17;1-7-5-3-2-4-6-7;2*1-2/h2-10H,12-14H2,1H3,(H,24,30)(H2,23,25,26,27);7H,2-6H2,1H3;1-2H3;1-2H. The highest BCUT2D eigenvalue weighted by Crippen LogP contribution is 2.22. The summed E-state index contributed by atoms with van der Waals surface area (Å²) in [5.74, 6) is 2.13. The third kappa shape index (κ3) is 13.8. The van der Waals surface area contributed by atoms with Crippen LogP contribution in [0.3, 0.4) is 0 Å². The molecule has 0 aliphatic heterocycles. The smallest absolute Gasteiger partial charge is 0.239 e. The van der Waals surface area contributed by atoms with Gasteiger partial charge >= 0.3 is 0 Å². The molecule has 218 valence electrons. The van der Waals surface area contributed by atoms with Crippen molar-refractivity contribution in [1.82, 2.24) is 19.9 Å². The van der Waals surface area contributed by atoms with Crippen LogP contribution in [0.4, 0.5) is 11.8 Å². The number of ketones is 1. The average molecular weight is 558 g/mol. The quantitative estimate of drug-likeness (QED) is 0.287. The molecular weight excluding hydrogens is 514 g/mol. The highest BCUT2D eigenvalue weighted by molar-refractivity contribution is 5.81. The molecule has 0 radical (unpaired) electrons. The van der Waals surface area contributed by atoms with E-state index in [1.54, 1.807) is 34.9 Å². The number of carbonyl (C=O) groups excluding carboxylic acids is 2. The zero-order valence-electron chi connectivity index (χ0n) is 24.7. The summed E-state index contributed by atoms with van der Waals surface area (Å²) in [6.07, 6.45) is 19.1. The Morgan fingerprint density at radius 1 is 1.00 bits per heavy atom. The van der Waals surface area contributed by atoms with Gasteiger partial charge in [-0.1, -0.05) is 65.0 Å². The second-order valence-corrected chi connectivity index (χ2v) is 9.26. The maximum absolute atomic E-state index is 12.2. The van der Waals surface area contributed by atoms with Crippen LogP contribution in [-0.4, -0.2) is 39.3 Å². The minimum Gasteiger partial charge on any atom is -0.361 e. The fraction of sp³-hybridized carbons (Fsp3) is 0.406. The van der Waals surface area contributed by atoms with Gasteiger partial charge in [-0.25, -0.2) is 0 Å². The minimum atomic E-state index is -0.210. The van der Waals surface area contributed by atoms with Crippen molar-refractivity contribution < 1.29 is 9.59 Å². The van der Waals surface area contributed by atoms with Crippen molar-refractivity contribution in [2.45, 2.75) is 66.3 Å². The topological polar surface area (TPSA) is 125 Å². The van der Waals surface area contributed by atoms with Crippen LogP contribution < -0.4 is 16.0 Å². The maximum atomic E-state index is 12.2. The number of benzene rings is 1. The molecule has 0 saturated heterocycles. The van der Waals surface area contributed by atoms with E-state index in [2.05, 4.69) is 51.8 Å². The van der Waals surface area contributed by atoms with Crippen LogP contribution in [0.1, 0.15) is 70.9 Å². The van der Waals surface area contributed by atoms with Gasteiger partial charge in [-0.2, -0.15) is 15.2 Å². The number of nitriles is 1. The van der Waals surface area contributed by atoms with E-state index in [1.165, 1.54) is 39.0 Å². The minimum absolute atomic E-state index is 0.0184. The van der Waals surface area contributed by atoms with Gasteiger partial charge in [0.2, 0.25) is 11.9 Å². The van der Waals surface area contributed by atoms with E-state index in [4.69, 9.17) is 5.26 Å². The molecule has 0 atom stereocenters. The van der Waals surface area contributed by atoms with E-state index in [0.717, 1.165) is 11.5 Å². The first-order valence-electron chi connectivity index (χ1n) is 14.0. The molecule has 3 aromatic rings. The van der Waals surface area contributed by atoms with Gasteiger partial charge in [0.15, 0.2) is 0 Å². The normalized spacial score (nSPS) is 11.9. The Labute approximate surface area is 244 Å². The highest BCUT2D eigenvalue weighted by atomic mass is 16.2. The first-order valence-corrected chi connectivity index (χ1v) is 14.0. The van der Waals surface area contributed by atoms with Crippen LogP contribution in [0.2, 0.25) is 0 Å². The number of terminal acetylenes is 1. The molecule has 2 aromatic heterocycles. The Balaban J connectivity index is 0.000000649. The number of Topliss-reactive ketones (excluding diaryl/α,β-unsaturated/α-hetero) is 1. The Hall–Kier alpha value is -4.63. The molecule has 9 nitrogen and oxygen atoms in total. The van der Waals surface area contributed by atoms with Crippen LogP contribution in [0.25, 0.3) is 5.82 Å². The lowest BCUT2D eigenvalue weighted by atomic mass is 9.91. The zero-order valence-corrected chi connectivity index (χ0v) is 24.7. The number of aromatic nitrogens is 3. The van der Waals surface area contributed by atoms with Gasteiger partial charge < -0.3 is 20.5 Å². The number of nitrogens with one attached hydrogen (secondary N) is 3. The molecule has 9 heteroatoms. The molecule has 1 fully saturated rings. The van der Waals surface area contributed by atoms with Gasteiger partial charge in [-0.15, -0.1) is 12.8 Å². The highest BCUT2D eigenvalue weighted by Gasteiger charge is 2.09. The molecule has 0 spiro atoms. The van der Waals surface area contributed by atoms with Crippen LogP contribution >= 0.6 is 0 Å². The van der Waals surface area contributed by atoms with Crippen molar-refractivity contribution in [3.05, 3.63) is 66.0 Å². The number of carbonyl (C=O) groups is 2. The Morgan fingerprint density at radius 2 is 1.63 bits per heavy atom. The largest absolute Gasteiger partial charge is 0.361 e. The molecule has 3 N–H and O–H groups in total. The lowest BCUT2D eigenvalue weighted by Gasteiger charge is -2.15. The molecule has 0 unspecified atom stereocenters. The summed E-state index contributed by atoms with van der Waals surface area (Å²) < 4.78 is 1.80.